The first kappa shape index (κ1) is 20.7. The molecule has 0 aliphatic carbocycles. The minimum Gasteiger partial charge on any atom is -0.317 e. The highest BCUT2D eigenvalue weighted by Gasteiger charge is 1.92. The summed E-state index contributed by atoms with van der Waals surface area (Å²) in [6.07, 6.45) is 23.9. The zero-order chi connectivity index (χ0) is 15.4. The molecular formula is C20H41N. The SMILES string of the molecule is CCCC/C=C/CCCCNCCCCCCCCCC. The average molecular weight is 296 g/mol. The second-order valence-corrected chi connectivity index (χ2v) is 6.33. The first-order chi connectivity index (χ1) is 10.4. The molecule has 0 unspecified atom stereocenters. The Balaban J connectivity index is 2.98. The molecule has 0 aliphatic rings. The average Bonchev–Trinajstić information content (AvgIpc) is 2.50. The molecule has 0 saturated carbocycles. The third kappa shape index (κ3) is 19.7. The molecule has 1 N–H and O–H groups in total. The lowest BCUT2D eigenvalue weighted by atomic mass is 10.1. The molecule has 0 spiro atoms. The Hall–Kier alpha value is -0.300. The topological polar surface area (TPSA) is 12.0 Å². The summed E-state index contributed by atoms with van der Waals surface area (Å²) in [6, 6.07) is 0. The van der Waals surface area contributed by atoms with E-state index in [0.29, 0.717) is 0 Å². The third-order valence-corrected chi connectivity index (χ3v) is 4.07. The number of nitrogens with one attached hydrogen (secondary N) is 1. The Labute approximate surface area is 135 Å². The van der Waals surface area contributed by atoms with Crippen LogP contribution in [-0.2, 0) is 0 Å². The van der Waals surface area contributed by atoms with E-state index in [0.717, 1.165) is 0 Å². The van der Waals surface area contributed by atoms with Crippen molar-refractivity contribution in [3.05, 3.63) is 12.2 Å². The van der Waals surface area contributed by atoms with E-state index in [-0.39, 0.29) is 0 Å². The van der Waals surface area contributed by atoms with E-state index >= 15 is 0 Å². The molecule has 126 valence electrons. The maximum absolute atomic E-state index is 3.58. The van der Waals surface area contributed by atoms with Gasteiger partial charge in [0.1, 0.15) is 0 Å². The van der Waals surface area contributed by atoms with Gasteiger partial charge in [-0.1, -0.05) is 83.8 Å². The summed E-state index contributed by atoms with van der Waals surface area (Å²) >= 11 is 0. The van der Waals surface area contributed by atoms with Crippen LogP contribution in [0.15, 0.2) is 12.2 Å². The van der Waals surface area contributed by atoms with Gasteiger partial charge in [0.25, 0.3) is 0 Å². The van der Waals surface area contributed by atoms with Crippen LogP contribution in [0.3, 0.4) is 0 Å². The van der Waals surface area contributed by atoms with E-state index in [4.69, 9.17) is 0 Å². The second kappa shape index (κ2) is 19.7. The number of unbranched alkanes of at least 4 members (excludes halogenated alkanes) is 11. The van der Waals surface area contributed by atoms with Crippen molar-refractivity contribution in [2.24, 2.45) is 0 Å². The lowest BCUT2D eigenvalue weighted by Crippen LogP contribution is -2.16. The molecule has 0 atom stereocenters. The van der Waals surface area contributed by atoms with Crippen LogP contribution in [0.1, 0.15) is 104 Å². The fourth-order valence-electron chi connectivity index (χ4n) is 2.58. The Morgan fingerprint density at radius 3 is 1.62 bits per heavy atom. The molecule has 0 aromatic heterocycles. The fraction of sp³-hybridized carbons (Fsp3) is 0.900. The molecule has 21 heavy (non-hydrogen) atoms. The molecule has 0 aliphatic heterocycles. The lowest BCUT2D eigenvalue weighted by Gasteiger charge is -2.04. The van der Waals surface area contributed by atoms with E-state index in [9.17, 15) is 0 Å². The monoisotopic (exact) mass is 295 g/mol. The van der Waals surface area contributed by atoms with Crippen molar-refractivity contribution < 1.29 is 0 Å². The van der Waals surface area contributed by atoms with E-state index < -0.39 is 0 Å². The van der Waals surface area contributed by atoms with Crippen LogP contribution < -0.4 is 5.32 Å². The zero-order valence-electron chi connectivity index (χ0n) is 15.0. The Bertz CT molecular complexity index is 198. The Morgan fingerprint density at radius 2 is 1.00 bits per heavy atom. The van der Waals surface area contributed by atoms with Crippen molar-refractivity contribution in [2.45, 2.75) is 104 Å². The summed E-state index contributed by atoms with van der Waals surface area (Å²) in [7, 11) is 0. The minimum absolute atomic E-state index is 1.21. The van der Waals surface area contributed by atoms with Crippen molar-refractivity contribution in [3.63, 3.8) is 0 Å². The third-order valence-electron chi connectivity index (χ3n) is 4.07. The highest BCUT2D eigenvalue weighted by molar-refractivity contribution is 4.81. The highest BCUT2D eigenvalue weighted by Crippen LogP contribution is 2.07. The lowest BCUT2D eigenvalue weighted by molar-refractivity contribution is 0.547. The number of hydrogen-bond acceptors (Lipinski definition) is 1. The molecule has 0 rings (SSSR count). The van der Waals surface area contributed by atoms with Crippen molar-refractivity contribution in [1.82, 2.24) is 5.32 Å². The van der Waals surface area contributed by atoms with Crippen LogP contribution in [0.2, 0.25) is 0 Å². The van der Waals surface area contributed by atoms with Crippen LogP contribution in [0.4, 0.5) is 0 Å². The summed E-state index contributed by atoms with van der Waals surface area (Å²) in [5.74, 6) is 0. The largest absolute Gasteiger partial charge is 0.317 e. The normalized spacial score (nSPS) is 11.5. The van der Waals surface area contributed by atoms with Crippen LogP contribution in [0.25, 0.3) is 0 Å². The van der Waals surface area contributed by atoms with Crippen molar-refractivity contribution >= 4 is 0 Å². The second-order valence-electron chi connectivity index (χ2n) is 6.33. The van der Waals surface area contributed by atoms with Gasteiger partial charge in [-0.05, 0) is 45.2 Å². The van der Waals surface area contributed by atoms with Crippen LogP contribution in [-0.4, -0.2) is 13.1 Å². The van der Waals surface area contributed by atoms with Gasteiger partial charge in [-0.15, -0.1) is 0 Å². The number of hydrogen-bond donors (Lipinski definition) is 1. The minimum atomic E-state index is 1.21. The quantitative estimate of drug-likeness (QED) is 0.234. The summed E-state index contributed by atoms with van der Waals surface area (Å²) in [6.45, 7) is 6.97. The predicted molar refractivity (Wildman–Crippen MR) is 98.0 cm³/mol. The summed E-state index contributed by atoms with van der Waals surface area (Å²) in [5.41, 5.74) is 0. The molecule has 1 nitrogen and oxygen atoms in total. The highest BCUT2D eigenvalue weighted by atomic mass is 14.8. The molecule has 0 saturated heterocycles. The van der Waals surface area contributed by atoms with Gasteiger partial charge >= 0.3 is 0 Å². The van der Waals surface area contributed by atoms with E-state index in [1.54, 1.807) is 0 Å². The van der Waals surface area contributed by atoms with Gasteiger partial charge in [-0.25, -0.2) is 0 Å². The first-order valence-electron chi connectivity index (χ1n) is 9.77. The first-order valence-corrected chi connectivity index (χ1v) is 9.77. The Morgan fingerprint density at radius 1 is 0.524 bits per heavy atom. The van der Waals surface area contributed by atoms with Gasteiger partial charge in [-0.2, -0.15) is 0 Å². The fourth-order valence-corrected chi connectivity index (χ4v) is 2.58. The zero-order valence-corrected chi connectivity index (χ0v) is 15.0. The molecule has 0 fully saturated rings. The molecule has 0 aromatic rings. The number of allylic oxidation sites excluding steroid dienone is 2. The van der Waals surface area contributed by atoms with Gasteiger partial charge in [-0.3, -0.25) is 0 Å². The van der Waals surface area contributed by atoms with E-state index in [1.165, 1.54) is 103 Å². The predicted octanol–water partition coefficient (Wildman–Crippen LogP) is 6.63. The van der Waals surface area contributed by atoms with Gasteiger partial charge in [0.15, 0.2) is 0 Å². The Kier molecular flexibility index (Phi) is 19.4. The molecule has 0 heterocycles. The van der Waals surface area contributed by atoms with Crippen LogP contribution in [0.5, 0.6) is 0 Å². The molecular weight excluding hydrogens is 254 g/mol. The maximum atomic E-state index is 3.58. The van der Waals surface area contributed by atoms with Gasteiger partial charge in [0.05, 0.1) is 0 Å². The van der Waals surface area contributed by atoms with Crippen LogP contribution in [0, 0.1) is 0 Å². The summed E-state index contributed by atoms with van der Waals surface area (Å²) in [4.78, 5) is 0. The smallest absolute Gasteiger partial charge is 0.00488 e. The van der Waals surface area contributed by atoms with Crippen molar-refractivity contribution in [3.8, 4) is 0 Å². The van der Waals surface area contributed by atoms with Gasteiger partial charge in [0, 0.05) is 0 Å². The van der Waals surface area contributed by atoms with Crippen molar-refractivity contribution in [2.75, 3.05) is 13.1 Å². The van der Waals surface area contributed by atoms with Gasteiger partial charge in [0.2, 0.25) is 0 Å². The van der Waals surface area contributed by atoms with E-state index in [1.807, 2.05) is 0 Å². The molecule has 1 heteroatoms. The molecule has 0 radical (unpaired) electrons. The van der Waals surface area contributed by atoms with E-state index in [2.05, 4.69) is 31.3 Å². The van der Waals surface area contributed by atoms with Crippen LogP contribution >= 0.6 is 0 Å². The molecule has 0 amide bonds. The maximum Gasteiger partial charge on any atom is -0.00488 e. The standard InChI is InChI=1S/C20H41N/c1-3-5-7-9-11-13-15-17-19-21-20-18-16-14-12-10-8-6-4-2/h9,11,21H,3-8,10,12-20H2,1-2H3/b11-9+. The summed E-state index contributed by atoms with van der Waals surface area (Å²) in [5, 5.41) is 3.58. The van der Waals surface area contributed by atoms with Crippen molar-refractivity contribution in [1.29, 1.82) is 0 Å². The molecule has 0 aromatic carbocycles. The number of rotatable bonds is 17. The van der Waals surface area contributed by atoms with Gasteiger partial charge < -0.3 is 5.32 Å². The summed E-state index contributed by atoms with van der Waals surface area (Å²) < 4.78 is 0. The molecule has 0 bridgehead atoms.